The van der Waals surface area contributed by atoms with Crippen molar-refractivity contribution in [2.24, 2.45) is 0 Å². The first-order valence-electron chi connectivity index (χ1n) is 5.75. The summed E-state index contributed by atoms with van der Waals surface area (Å²) in [4.78, 5) is 12.9. The standard InChI is InChI=1S/C15H15NOS/c1-11-5-3-7-14(12(11)2)16-15(17)9-8-13-6-4-10-18-13/h3-10H,1-2H3,(H,16,17)/b9-8-. The van der Waals surface area contributed by atoms with Crippen molar-refractivity contribution in [1.82, 2.24) is 0 Å². The first kappa shape index (κ1) is 12.6. The SMILES string of the molecule is Cc1cccc(NC(=O)/C=C\c2cccs2)c1C. The van der Waals surface area contributed by atoms with Crippen molar-refractivity contribution in [3.63, 3.8) is 0 Å². The fourth-order valence-electron chi connectivity index (χ4n) is 1.60. The van der Waals surface area contributed by atoms with E-state index in [0.29, 0.717) is 0 Å². The highest BCUT2D eigenvalue weighted by Crippen LogP contribution is 2.18. The zero-order chi connectivity index (χ0) is 13.0. The van der Waals surface area contributed by atoms with E-state index in [1.54, 1.807) is 17.4 Å². The number of nitrogens with one attached hydrogen (secondary N) is 1. The first-order chi connectivity index (χ1) is 8.66. The molecule has 1 aromatic heterocycles. The van der Waals surface area contributed by atoms with Crippen molar-refractivity contribution in [3.8, 4) is 0 Å². The number of amides is 1. The lowest BCUT2D eigenvalue weighted by atomic mass is 10.1. The molecular weight excluding hydrogens is 242 g/mol. The number of carbonyl (C=O) groups is 1. The molecule has 2 aromatic rings. The smallest absolute Gasteiger partial charge is 0.248 e. The molecule has 0 aliphatic carbocycles. The average Bonchev–Trinajstić information content (AvgIpc) is 2.86. The van der Waals surface area contributed by atoms with Gasteiger partial charge < -0.3 is 5.32 Å². The lowest BCUT2D eigenvalue weighted by Gasteiger charge is -2.08. The second-order valence-electron chi connectivity index (χ2n) is 4.09. The van der Waals surface area contributed by atoms with Gasteiger partial charge >= 0.3 is 0 Å². The molecule has 0 radical (unpaired) electrons. The second-order valence-corrected chi connectivity index (χ2v) is 5.06. The van der Waals surface area contributed by atoms with E-state index in [1.807, 2.05) is 55.6 Å². The molecule has 18 heavy (non-hydrogen) atoms. The van der Waals surface area contributed by atoms with Gasteiger partial charge in [-0.1, -0.05) is 18.2 Å². The van der Waals surface area contributed by atoms with Crippen molar-refractivity contribution in [2.45, 2.75) is 13.8 Å². The van der Waals surface area contributed by atoms with E-state index in [1.165, 1.54) is 5.56 Å². The van der Waals surface area contributed by atoms with Gasteiger partial charge in [0.25, 0.3) is 0 Å². The Bertz CT molecular complexity index is 570. The molecule has 0 unspecified atom stereocenters. The zero-order valence-corrected chi connectivity index (χ0v) is 11.3. The molecule has 0 spiro atoms. The number of thiophene rings is 1. The number of anilines is 1. The minimum atomic E-state index is -0.0999. The Morgan fingerprint density at radius 2 is 2.06 bits per heavy atom. The van der Waals surface area contributed by atoms with Crippen LogP contribution in [-0.4, -0.2) is 5.91 Å². The predicted octanol–water partition coefficient (Wildman–Crippen LogP) is 4.02. The van der Waals surface area contributed by atoms with Crippen LogP contribution in [0.15, 0.2) is 41.8 Å². The molecular formula is C15H15NOS. The van der Waals surface area contributed by atoms with Crippen LogP contribution in [0.1, 0.15) is 16.0 Å². The Hall–Kier alpha value is -1.87. The molecule has 0 aliphatic rings. The van der Waals surface area contributed by atoms with Crippen LogP contribution in [0.2, 0.25) is 0 Å². The number of hydrogen-bond acceptors (Lipinski definition) is 2. The van der Waals surface area contributed by atoms with Gasteiger partial charge in [0.1, 0.15) is 0 Å². The minimum absolute atomic E-state index is 0.0999. The molecule has 1 aromatic carbocycles. The molecule has 1 heterocycles. The maximum Gasteiger partial charge on any atom is 0.248 e. The van der Waals surface area contributed by atoms with Gasteiger partial charge in [-0.25, -0.2) is 0 Å². The van der Waals surface area contributed by atoms with Gasteiger partial charge in [-0.15, -0.1) is 11.3 Å². The van der Waals surface area contributed by atoms with E-state index in [0.717, 1.165) is 16.1 Å². The molecule has 2 nitrogen and oxygen atoms in total. The third kappa shape index (κ3) is 3.08. The van der Waals surface area contributed by atoms with Gasteiger partial charge in [0, 0.05) is 16.6 Å². The van der Waals surface area contributed by atoms with Gasteiger partial charge in [0.2, 0.25) is 5.91 Å². The van der Waals surface area contributed by atoms with Crippen LogP contribution in [0, 0.1) is 13.8 Å². The summed E-state index contributed by atoms with van der Waals surface area (Å²) in [5, 5.41) is 4.88. The van der Waals surface area contributed by atoms with Crippen molar-refractivity contribution >= 4 is 29.0 Å². The Labute approximate surface area is 111 Å². The summed E-state index contributed by atoms with van der Waals surface area (Å²) in [6.07, 6.45) is 3.39. The summed E-state index contributed by atoms with van der Waals surface area (Å²) in [5.74, 6) is -0.0999. The maximum atomic E-state index is 11.8. The van der Waals surface area contributed by atoms with Gasteiger partial charge in [-0.2, -0.15) is 0 Å². The summed E-state index contributed by atoms with van der Waals surface area (Å²) in [6.45, 7) is 4.04. The molecule has 0 aliphatic heterocycles. The van der Waals surface area contributed by atoms with E-state index in [4.69, 9.17) is 0 Å². The second kappa shape index (κ2) is 5.65. The molecule has 3 heteroatoms. The fraction of sp³-hybridized carbons (Fsp3) is 0.133. The van der Waals surface area contributed by atoms with Gasteiger partial charge in [0.05, 0.1) is 0 Å². The highest BCUT2D eigenvalue weighted by molar-refractivity contribution is 7.10. The summed E-state index contributed by atoms with van der Waals surface area (Å²) >= 11 is 1.61. The van der Waals surface area contributed by atoms with Gasteiger partial charge in [-0.05, 0) is 48.6 Å². The normalized spacial score (nSPS) is 10.8. The average molecular weight is 257 g/mol. The number of rotatable bonds is 3. The molecule has 1 amide bonds. The summed E-state index contributed by atoms with van der Waals surface area (Å²) in [7, 11) is 0. The Kier molecular flexibility index (Phi) is 3.95. The van der Waals surface area contributed by atoms with Gasteiger partial charge in [0.15, 0.2) is 0 Å². The van der Waals surface area contributed by atoms with Crippen molar-refractivity contribution in [3.05, 3.63) is 57.8 Å². The Morgan fingerprint density at radius 1 is 1.22 bits per heavy atom. The summed E-state index contributed by atoms with van der Waals surface area (Å²) in [5.41, 5.74) is 3.15. The first-order valence-corrected chi connectivity index (χ1v) is 6.63. The lowest BCUT2D eigenvalue weighted by Crippen LogP contribution is -2.09. The zero-order valence-electron chi connectivity index (χ0n) is 10.4. The predicted molar refractivity (Wildman–Crippen MR) is 77.9 cm³/mol. The van der Waals surface area contributed by atoms with Crippen molar-refractivity contribution in [1.29, 1.82) is 0 Å². The van der Waals surface area contributed by atoms with Crippen LogP contribution >= 0.6 is 11.3 Å². The van der Waals surface area contributed by atoms with Crippen LogP contribution in [0.5, 0.6) is 0 Å². The number of aryl methyl sites for hydroxylation is 1. The quantitative estimate of drug-likeness (QED) is 0.827. The van der Waals surface area contributed by atoms with Crippen LogP contribution in [0.3, 0.4) is 0 Å². The highest BCUT2D eigenvalue weighted by Gasteiger charge is 2.02. The molecule has 2 rings (SSSR count). The lowest BCUT2D eigenvalue weighted by molar-refractivity contribution is -0.111. The maximum absolute atomic E-state index is 11.8. The molecule has 1 N–H and O–H groups in total. The molecule has 0 saturated carbocycles. The van der Waals surface area contributed by atoms with Crippen molar-refractivity contribution in [2.75, 3.05) is 5.32 Å². The highest BCUT2D eigenvalue weighted by atomic mass is 32.1. The monoisotopic (exact) mass is 257 g/mol. The van der Waals surface area contributed by atoms with Crippen LogP contribution in [0.25, 0.3) is 6.08 Å². The number of benzene rings is 1. The molecule has 0 saturated heterocycles. The Balaban J connectivity index is 2.05. The molecule has 0 bridgehead atoms. The fourth-order valence-corrected chi connectivity index (χ4v) is 2.22. The van der Waals surface area contributed by atoms with E-state index in [2.05, 4.69) is 5.32 Å². The third-order valence-corrected chi connectivity index (χ3v) is 3.64. The largest absolute Gasteiger partial charge is 0.322 e. The molecule has 92 valence electrons. The van der Waals surface area contributed by atoms with Crippen LogP contribution < -0.4 is 5.32 Å². The van der Waals surface area contributed by atoms with E-state index >= 15 is 0 Å². The summed E-state index contributed by atoms with van der Waals surface area (Å²) < 4.78 is 0. The van der Waals surface area contributed by atoms with Gasteiger partial charge in [-0.3, -0.25) is 4.79 Å². The number of hydrogen-bond donors (Lipinski definition) is 1. The molecule has 0 fully saturated rings. The summed E-state index contributed by atoms with van der Waals surface area (Å²) in [6, 6.07) is 9.84. The van der Waals surface area contributed by atoms with Crippen molar-refractivity contribution < 1.29 is 4.79 Å². The van der Waals surface area contributed by atoms with Crippen LogP contribution in [-0.2, 0) is 4.79 Å². The molecule has 0 atom stereocenters. The number of carbonyl (C=O) groups excluding carboxylic acids is 1. The van der Waals surface area contributed by atoms with E-state index in [9.17, 15) is 4.79 Å². The van der Waals surface area contributed by atoms with Crippen LogP contribution in [0.4, 0.5) is 5.69 Å². The van der Waals surface area contributed by atoms with E-state index in [-0.39, 0.29) is 5.91 Å². The minimum Gasteiger partial charge on any atom is -0.322 e. The van der Waals surface area contributed by atoms with E-state index < -0.39 is 0 Å². The topological polar surface area (TPSA) is 29.1 Å². The third-order valence-electron chi connectivity index (χ3n) is 2.80. The Morgan fingerprint density at radius 3 is 2.78 bits per heavy atom.